The molecule has 0 unspecified atom stereocenters. The Hall–Kier alpha value is -2.69. The molecule has 2 amide bonds. The number of amides is 2. The highest BCUT2D eigenvalue weighted by molar-refractivity contribution is 5.88. The Morgan fingerprint density at radius 2 is 1.72 bits per heavy atom. The van der Waals surface area contributed by atoms with E-state index in [2.05, 4.69) is 5.32 Å². The van der Waals surface area contributed by atoms with E-state index in [-0.39, 0.29) is 24.3 Å². The summed E-state index contributed by atoms with van der Waals surface area (Å²) in [7, 11) is 0. The van der Waals surface area contributed by atoms with Crippen molar-refractivity contribution in [3.05, 3.63) is 71.5 Å². The zero-order valence-electron chi connectivity index (χ0n) is 16.9. The van der Waals surface area contributed by atoms with E-state index in [1.165, 1.54) is 6.07 Å². The molecular weight excluding hydrogens is 367 g/mol. The van der Waals surface area contributed by atoms with Crippen molar-refractivity contribution in [2.24, 2.45) is 0 Å². The van der Waals surface area contributed by atoms with Gasteiger partial charge >= 0.3 is 0 Å². The van der Waals surface area contributed by atoms with E-state index in [9.17, 15) is 14.0 Å². The van der Waals surface area contributed by atoms with Gasteiger partial charge in [-0.1, -0.05) is 68.3 Å². The highest BCUT2D eigenvalue weighted by atomic mass is 19.1. The van der Waals surface area contributed by atoms with Crippen LogP contribution in [-0.4, -0.2) is 28.8 Å². The van der Waals surface area contributed by atoms with E-state index >= 15 is 0 Å². The largest absolute Gasteiger partial charge is 0.352 e. The molecule has 0 bridgehead atoms. The lowest BCUT2D eigenvalue weighted by Crippen LogP contribution is -2.51. The van der Waals surface area contributed by atoms with Crippen LogP contribution in [0.3, 0.4) is 0 Å². The van der Waals surface area contributed by atoms with Crippen molar-refractivity contribution < 1.29 is 14.0 Å². The van der Waals surface area contributed by atoms with Crippen molar-refractivity contribution in [3.8, 4) is 0 Å². The molecule has 0 spiro atoms. The zero-order chi connectivity index (χ0) is 20.6. The minimum absolute atomic E-state index is 0.0628. The first-order valence-corrected chi connectivity index (χ1v) is 10.5. The standard InChI is InChI=1S/C24H29FN2O2/c1-2-22(24(29)26-20-13-7-8-14-20)27(17-18-10-4-3-5-11-18)23(28)16-19-12-6-9-15-21(19)25/h3-6,9-12,15,20,22H,2,7-8,13-14,16-17H2,1H3,(H,26,29)/t22-/m1/s1. The summed E-state index contributed by atoms with van der Waals surface area (Å²) in [5, 5.41) is 3.12. The van der Waals surface area contributed by atoms with Gasteiger partial charge in [0, 0.05) is 12.6 Å². The summed E-state index contributed by atoms with van der Waals surface area (Å²) in [5.74, 6) is -0.756. The second kappa shape index (κ2) is 10.2. The molecular formula is C24H29FN2O2. The van der Waals surface area contributed by atoms with Crippen LogP contribution in [0, 0.1) is 5.82 Å². The highest BCUT2D eigenvalue weighted by Crippen LogP contribution is 2.20. The van der Waals surface area contributed by atoms with Crippen LogP contribution >= 0.6 is 0 Å². The number of carbonyl (C=O) groups is 2. The highest BCUT2D eigenvalue weighted by Gasteiger charge is 2.30. The second-order valence-electron chi connectivity index (χ2n) is 7.69. The van der Waals surface area contributed by atoms with Crippen LogP contribution in [0.1, 0.15) is 50.2 Å². The van der Waals surface area contributed by atoms with Crippen LogP contribution in [-0.2, 0) is 22.6 Å². The Bertz CT molecular complexity index is 819. The van der Waals surface area contributed by atoms with Crippen LogP contribution in [0.2, 0.25) is 0 Å². The number of hydrogen-bond acceptors (Lipinski definition) is 2. The molecule has 29 heavy (non-hydrogen) atoms. The Morgan fingerprint density at radius 3 is 2.38 bits per heavy atom. The molecule has 1 atom stereocenters. The molecule has 3 rings (SSSR count). The molecule has 0 aromatic heterocycles. The van der Waals surface area contributed by atoms with Gasteiger partial charge in [0.1, 0.15) is 11.9 Å². The zero-order valence-corrected chi connectivity index (χ0v) is 16.9. The normalized spacial score (nSPS) is 15.1. The number of hydrogen-bond donors (Lipinski definition) is 1. The van der Waals surface area contributed by atoms with E-state index in [1.54, 1.807) is 23.1 Å². The lowest BCUT2D eigenvalue weighted by Gasteiger charge is -2.31. The van der Waals surface area contributed by atoms with Gasteiger partial charge in [0.05, 0.1) is 6.42 Å². The average Bonchev–Trinajstić information content (AvgIpc) is 3.23. The Morgan fingerprint density at radius 1 is 1.07 bits per heavy atom. The predicted octanol–water partition coefficient (Wildman–Crippen LogP) is 4.23. The van der Waals surface area contributed by atoms with Crippen LogP contribution in [0.25, 0.3) is 0 Å². The molecule has 5 heteroatoms. The predicted molar refractivity (Wildman–Crippen MR) is 112 cm³/mol. The average molecular weight is 397 g/mol. The van der Waals surface area contributed by atoms with Gasteiger partial charge in [-0.25, -0.2) is 4.39 Å². The number of halogens is 1. The fourth-order valence-corrected chi connectivity index (χ4v) is 3.97. The van der Waals surface area contributed by atoms with Crippen molar-refractivity contribution in [2.75, 3.05) is 0 Å². The van der Waals surface area contributed by atoms with Gasteiger partial charge in [0.25, 0.3) is 0 Å². The van der Waals surface area contributed by atoms with Crippen LogP contribution < -0.4 is 5.32 Å². The Balaban J connectivity index is 1.81. The van der Waals surface area contributed by atoms with Crippen molar-refractivity contribution >= 4 is 11.8 Å². The number of nitrogens with one attached hydrogen (secondary N) is 1. The van der Waals surface area contributed by atoms with Crippen molar-refractivity contribution in [3.63, 3.8) is 0 Å². The van der Waals surface area contributed by atoms with Crippen molar-refractivity contribution in [2.45, 2.75) is 64.1 Å². The minimum atomic E-state index is -0.574. The van der Waals surface area contributed by atoms with Gasteiger partial charge in [-0.2, -0.15) is 0 Å². The third kappa shape index (κ3) is 5.66. The summed E-state index contributed by atoms with van der Waals surface area (Å²) in [6.45, 7) is 2.23. The SMILES string of the molecule is CC[C@H](C(=O)NC1CCCC1)N(Cc1ccccc1)C(=O)Cc1ccccc1F. The summed E-state index contributed by atoms with van der Waals surface area (Å²) in [5.41, 5.74) is 1.29. The number of carbonyl (C=O) groups excluding carboxylic acids is 2. The summed E-state index contributed by atoms with van der Waals surface area (Å²) >= 11 is 0. The molecule has 2 aromatic rings. The van der Waals surface area contributed by atoms with E-state index in [4.69, 9.17) is 0 Å². The molecule has 1 aliphatic carbocycles. The quantitative estimate of drug-likeness (QED) is 0.726. The van der Waals surface area contributed by atoms with Gasteiger partial charge < -0.3 is 10.2 Å². The molecule has 0 heterocycles. The number of benzene rings is 2. The summed E-state index contributed by atoms with van der Waals surface area (Å²) < 4.78 is 14.1. The second-order valence-corrected chi connectivity index (χ2v) is 7.69. The van der Waals surface area contributed by atoms with E-state index in [0.717, 1.165) is 31.2 Å². The van der Waals surface area contributed by atoms with E-state index in [1.807, 2.05) is 37.3 Å². The van der Waals surface area contributed by atoms with E-state index < -0.39 is 11.9 Å². The van der Waals surface area contributed by atoms with Crippen molar-refractivity contribution in [1.82, 2.24) is 10.2 Å². The first kappa shape index (κ1) is 21.0. The molecule has 1 N–H and O–H groups in total. The fraction of sp³-hybridized carbons (Fsp3) is 0.417. The minimum Gasteiger partial charge on any atom is -0.352 e. The molecule has 4 nitrogen and oxygen atoms in total. The van der Waals surface area contributed by atoms with Gasteiger partial charge in [0.15, 0.2) is 0 Å². The lowest BCUT2D eigenvalue weighted by atomic mass is 10.1. The third-order valence-electron chi connectivity index (χ3n) is 5.58. The van der Waals surface area contributed by atoms with E-state index in [0.29, 0.717) is 18.5 Å². The maximum absolute atomic E-state index is 14.1. The molecule has 0 aliphatic heterocycles. The van der Waals surface area contributed by atoms with Gasteiger partial charge in [-0.3, -0.25) is 9.59 Å². The molecule has 0 radical (unpaired) electrons. The van der Waals surface area contributed by atoms with Crippen LogP contribution in [0.4, 0.5) is 4.39 Å². The molecule has 2 aromatic carbocycles. The maximum atomic E-state index is 14.1. The van der Waals surface area contributed by atoms with Crippen LogP contribution in [0.15, 0.2) is 54.6 Å². The summed E-state index contributed by atoms with van der Waals surface area (Å²) in [4.78, 5) is 27.8. The lowest BCUT2D eigenvalue weighted by molar-refractivity contribution is -0.141. The Kier molecular flexibility index (Phi) is 7.39. The summed E-state index contributed by atoms with van der Waals surface area (Å²) in [6, 6.07) is 15.5. The van der Waals surface area contributed by atoms with Crippen LogP contribution in [0.5, 0.6) is 0 Å². The maximum Gasteiger partial charge on any atom is 0.243 e. The molecule has 1 saturated carbocycles. The van der Waals surface area contributed by atoms with Crippen molar-refractivity contribution in [1.29, 1.82) is 0 Å². The molecule has 1 fully saturated rings. The Labute approximate surface area is 172 Å². The topological polar surface area (TPSA) is 49.4 Å². The molecule has 154 valence electrons. The summed E-state index contributed by atoms with van der Waals surface area (Å²) in [6.07, 6.45) is 4.68. The number of rotatable bonds is 8. The first-order valence-electron chi connectivity index (χ1n) is 10.5. The fourth-order valence-electron chi connectivity index (χ4n) is 3.97. The first-order chi connectivity index (χ1) is 14.1. The van der Waals surface area contributed by atoms with Gasteiger partial charge in [-0.05, 0) is 36.5 Å². The number of nitrogens with zero attached hydrogens (tertiary/aromatic N) is 1. The van der Waals surface area contributed by atoms with Gasteiger partial charge in [-0.15, -0.1) is 0 Å². The smallest absolute Gasteiger partial charge is 0.243 e. The third-order valence-corrected chi connectivity index (χ3v) is 5.58. The van der Waals surface area contributed by atoms with Gasteiger partial charge in [0.2, 0.25) is 11.8 Å². The molecule has 0 saturated heterocycles. The monoisotopic (exact) mass is 396 g/mol. The molecule has 1 aliphatic rings.